The number of furan rings is 1. The van der Waals surface area contributed by atoms with Crippen molar-refractivity contribution in [2.45, 2.75) is 12.6 Å². The fourth-order valence-corrected chi connectivity index (χ4v) is 1.80. The first kappa shape index (κ1) is 12.2. The lowest BCUT2D eigenvalue weighted by Gasteiger charge is -2.16. The second-order valence-corrected chi connectivity index (χ2v) is 4.24. The molecule has 17 heavy (non-hydrogen) atoms. The second kappa shape index (κ2) is 5.87. The molecule has 4 heteroatoms. The lowest BCUT2D eigenvalue weighted by atomic mass is 10.1. The highest BCUT2D eigenvalue weighted by Gasteiger charge is 2.09. The van der Waals surface area contributed by atoms with Crippen molar-refractivity contribution in [2.24, 2.45) is 5.73 Å². The number of benzene rings is 1. The van der Waals surface area contributed by atoms with E-state index in [1.54, 1.807) is 6.26 Å². The molecule has 2 aromatic rings. The first-order valence-corrected chi connectivity index (χ1v) is 5.88. The van der Waals surface area contributed by atoms with E-state index in [9.17, 15) is 0 Å². The zero-order valence-corrected chi connectivity index (χ0v) is 10.2. The topological polar surface area (TPSA) is 51.2 Å². The summed E-state index contributed by atoms with van der Waals surface area (Å²) < 4.78 is 5.26. The molecule has 3 N–H and O–H groups in total. The van der Waals surface area contributed by atoms with Crippen LogP contribution in [0.15, 0.2) is 47.1 Å². The average molecular weight is 251 g/mol. The molecule has 0 spiro atoms. The molecule has 2 rings (SSSR count). The number of nitrogens with one attached hydrogen (secondary N) is 1. The molecule has 0 bridgehead atoms. The molecule has 0 saturated heterocycles. The molecule has 0 radical (unpaired) electrons. The Hall–Kier alpha value is -1.29. The molecule has 1 aromatic carbocycles. The van der Waals surface area contributed by atoms with Crippen molar-refractivity contribution in [2.75, 3.05) is 6.54 Å². The van der Waals surface area contributed by atoms with Gasteiger partial charge in [0.15, 0.2) is 0 Å². The summed E-state index contributed by atoms with van der Waals surface area (Å²) in [5.74, 6) is 0.900. The highest BCUT2D eigenvalue weighted by atomic mass is 35.5. The van der Waals surface area contributed by atoms with Gasteiger partial charge in [-0.2, -0.15) is 0 Å². The third-order valence-electron chi connectivity index (χ3n) is 2.61. The second-order valence-electron chi connectivity index (χ2n) is 3.80. The molecule has 0 aliphatic carbocycles. The third-order valence-corrected chi connectivity index (χ3v) is 2.86. The molecule has 0 aliphatic rings. The summed E-state index contributed by atoms with van der Waals surface area (Å²) in [6, 6.07) is 11.6. The van der Waals surface area contributed by atoms with Crippen molar-refractivity contribution >= 4 is 11.6 Å². The minimum absolute atomic E-state index is 0.109. The fraction of sp³-hybridized carbons (Fsp3) is 0.231. The average Bonchev–Trinajstić information content (AvgIpc) is 2.85. The van der Waals surface area contributed by atoms with E-state index in [1.807, 2.05) is 36.4 Å². The number of halogens is 1. The SMILES string of the molecule is NCC(NCc1ccco1)c1ccc(Cl)cc1. The molecule has 3 nitrogen and oxygen atoms in total. The maximum absolute atomic E-state index is 5.85. The molecule has 1 atom stereocenters. The van der Waals surface area contributed by atoms with Gasteiger partial charge in [-0.1, -0.05) is 23.7 Å². The van der Waals surface area contributed by atoms with Crippen LogP contribution in [0.2, 0.25) is 5.02 Å². The van der Waals surface area contributed by atoms with Crippen molar-refractivity contribution < 1.29 is 4.42 Å². The Labute approximate surface area is 106 Å². The monoisotopic (exact) mass is 250 g/mol. The molecular weight excluding hydrogens is 236 g/mol. The molecule has 0 fully saturated rings. The highest BCUT2D eigenvalue weighted by Crippen LogP contribution is 2.16. The summed E-state index contributed by atoms with van der Waals surface area (Å²) in [5.41, 5.74) is 6.88. The Bertz CT molecular complexity index is 439. The Kier molecular flexibility index (Phi) is 4.20. The fourth-order valence-electron chi connectivity index (χ4n) is 1.67. The maximum atomic E-state index is 5.85. The summed E-state index contributed by atoms with van der Waals surface area (Å²) in [4.78, 5) is 0. The van der Waals surface area contributed by atoms with Crippen LogP contribution in [-0.4, -0.2) is 6.54 Å². The van der Waals surface area contributed by atoms with Crippen LogP contribution in [0.4, 0.5) is 0 Å². The van der Waals surface area contributed by atoms with E-state index in [0.29, 0.717) is 13.1 Å². The van der Waals surface area contributed by atoms with E-state index in [4.69, 9.17) is 21.8 Å². The van der Waals surface area contributed by atoms with Gasteiger partial charge in [0.1, 0.15) is 5.76 Å². The van der Waals surface area contributed by atoms with Gasteiger partial charge in [-0.05, 0) is 29.8 Å². The normalized spacial score (nSPS) is 12.6. The first-order valence-electron chi connectivity index (χ1n) is 5.51. The minimum Gasteiger partial charge on any atom is -0.468 e. The van der Waals surface area contributed by atoms with Crippen molar-refractivity contribution in [3.05, 3.63) is 59.0 Å². The van der Waals surface area contributed by atoms with Crippen LogP contribution in [0.1, 0.15) is 17.4 Å². The van der Waals surface area contributed by atoms with Crippen LogP contribution < -0.4 is 11.1 Å². The summed E-state index contributed by atoms with van der Waals surface area (Å²) in [5, 5.41) is 4.08. The van der Waals surface area contributed by atoms with Gasteiger partial charge in [0.25, 0.3) is 0 Å². The minimum atomic E-state index is 0.109. The van der Waals surface area contributed by atoms with Crippen LogP contribution in [0.25, 0.3) is 0 Å². The summed E-state index contributed by atoms with van der Waals surface area (Å²) in [6.45, 7) is 1.19. The molecule has 0 saturated carbocycles. The summed E-state index contributed by atoms with van der Waals surface area (Å²) in [6.07, 6.45) is 1.66. The van der Waals surface area contributed by atoms with Crippen molar-refractivity contribution in [3.8, 4) is 0 Å². The lowest BCUT2D eigenvalue weighted by Crippen LogP contribution is -2.27. The molecule has 1 heterocycles. The Morgan fingerprint density at radius 1 is 1.24 bits per heavy atom. The number of rotatable bonds is 5. The largest absolute Gasteiger partial charge is 0.468 e. The van der Waals surface area contributed by atoms with Crippen molar-refractivity contribution in [1.29, 1.82) is 0 Å². The van der Waals surface area contributed by atoms with Crippen LogP contribution in [0.3, 0.4) is 0 Å². The highest BCUT2D eigenvalue weighted by molar-refractivity contribution is 6.30. The zero-order valence-electron chi connectivity index (χ0n) is 9.40. The van der Waals surface area contributed by atoms with Gasteiger partial charge in [0, 0.05) is 17.6 Å². The Morgan fingerprint density at radius 3 is 2.59 bits per heavy atom. The van der Waals surface area contributed by atoms with E-state index in [0.717, 1.165) is 16.3 Å². The number of nitrogens with two attached hydrogens (primary N) is 1. The van der Waals surface area contributed by atoms with Crippen molar-refractivity contribution in [3.63, 3.8) is 0 Å². The van der Waals surface area contributed by atoms with E-state index in [2.05, 4.69) is 5.32 Å². The van der Waals surface area contributed by atoms with Gasteiger partial charge in [-0.25, -0.2) is 0 Å². The van der Waals surface area contributed by atoms with Crippen LogP contribution in [-0.2, 0) is 6.54 Å². The Morgan fingerprint density at radius 2 is 2.00 bits per heavy atom. The van der Waals surface area contributed by atoms with E-state index < -0.39 is 0 Å². The number of hydrogen-bond acceptors (Lipinski definition) is 3. The quantitative estimate of drug-likeness (QED) is 0.858. The summed E-state index contributed by atoms with van der Waals surface area (Å²) in [7, 11) is 0. The van der Waals surface area contributed by atoms with E-state index >= 15 is 0 Å². The van der Waals surface area contributed by atoms with E-state index in [1.165, 1.54) is 0 Å². The first-order chi connectivity index (χ1) is 8.29. The molecule has 90 valence electrons. The van der Waals surface area contributed by atoms with Crippen LogP contribution >= 0.6 is 11.6 Å². The lowest BCUT2D eigenvalue weighted by molar-refractivity contribution is 0.452. The predicted molar refractivity (Wildman–Crippen MR) is 68.8 cm³/mol. The number of hydrogen-bond donors (Lipinski definition) is 2. The Balaban J connectivity index is 1.99. The predicted octanol–water partition coefficient (Wildman–Crippen LogP) is 2.72. The van der Waals surface area contributed by atoms with E-state index in [-0.39, 0.29) is 6.04 Å². The molecule has 0 aliphatic heterocycles. The third kappa shape index (κ3) is 3.33. The van der Waals surface area contributed by atoms with Gasteiger partial charge in [-0.3, -0.25) is 0 Å². The molecule has 0 amide bonds. The van der Waals surface area contributed by atoms with Gasteiger partial charge in [-0.15, -0.1) is 0 Å². The molecule has 1 aromatic heterocycles. The van der Waals surface area contributed by atoms with Gasteiger partial charge < -0.3 is 15.5 Å². The maximum Gasteiger partial charge on any atom is 0.117 e. The zero-order chi connectivity index (χ0) is 12.1. The molecular formula is C13H15ClN2O. The smallest absolute Gasteiger partial charge is 0.117 e. The summed E-state index contributed by atoms with van der Waals surface area (Å²) >= 11 is 5.85. The molecule has 1 unspecified atom stereocenters. The van der Waals surface area contributed by atoms with Crippen LogP contribution in [0, 0.1) is 0 Å². The van der Waals surface area contributed by atoms with Gasteiger partial charge in [0.05, 0.1) is 12.8 Å². The van der Waals surface area contributed by atoms with Crippen molar-refractivity contribution in [1.82, 2.24) is 5.32 Å². The van der Waals surface area contributed by atoms with Gasteiger partial charge in [0.2, 0.25) is 0 Å². The van der Waals surface area contributed by atoms with Crippen LogP contribution in [0.5, 0.6) is 0 Å². The standard InChI is InChI=1S/C13H15ClN2O/c14-11-5-3-10(4-6-11)13(8-15)16-9-12-2-1-7-17-12/h1-7,13,16H,8-9,15H2. The van der Waals surface area contributed by atoms with Gasteiger partial charge >= 0.3 is 0 Å².